The predicted octanol–water partition coefficient (Wildman–Crippen LogP) is 2.64. The Morgan fingerprint density at radius 2 is 2.04 bits per heavy atom. The van der Waals surface area contributed by atoms with Crippen LogP contribution in [0.15, 0.2) is 35.2 Å². The van der Waals surface area contributed by atoms with Gasteiger partial charge in [0.05, 0.1) is 23.6 Å². The Kier molecular flexibility index (Phi) is 3.98. The first-order chi connectivity index (χ1) is 12.3. The molecule has 1 aliphatic heterocycles. The van der Waals surface area contributed by atoms with Gasteiger partial charge >= 0.3 is 0 Å². The number of halogens is 1. The second-order valence-corrected chi connectivity index (χ2v) is 8.77. The molecule has 1 amide bonds. The molecule has 2 aromatic carbocycles. The maximum atomic E-state index is 13.1. The van der Waals surface area contributed by atoms with E-state index in [9.17, 15) is 13.2 Å². The van der Waals surface area contributed by atoms with Gasteiger partial charge in [0, 0.05) is 11.6 Å². The largest absolute Gasteiger partial charge is 0.496 e. The summed E-state index contributed by atoms with van der Waals surface area (Å²) in [6.45, 7) is 0.236. The molecule has 1 heterocycles. The van der Waals surface area contributed by atoms with Crippen LogP contribution in [0.4, 0.5) is 0 Å². The number of carbonyl (C=O) groups excluding carboxylic acids is 1. The number of amides is 1. The van der Waals surface area contributed by atoms with Crippen molar-refractivity contribution in [3.63, 3.8) is 0 Å². The van der Waals surface area contributed by atoms with Gasteiger partial charge in [0.1, 0.15) is 5.75 Å². The lowest BCUT2D eigenvalue weighted by Crippen LogP contribution is -2.28. The van der Waals surface area contributed by atoms with Crippen LogP contribution in [0.1, 0.15) is 39.5 Å². The van der Waals surface area contributed by atoms with Crippen molar-refractivity contribution < 1.29 is 17.9 Å². The lowest BCUT2D eigenvalue weighted by molar-refractivity contribution is 0.0997. The second kappa shape index (κ2) is 5.97. The van der Waals surface area contributed by atoms with E-state index in [1.165, 1.54) is 17.5 Å². The molecule has 0 aromatic heterocycles. The van der Waals surface area contributed by atoms with Crippen molar-refractivity contribution in [3.8, 4) is 5.75 Å². The third-order valence-corrected chi connectivity index (χ3v) is 7.23. The van der Waals surface area contributed by atoms with E-state index in [4.69, 9.17) is 22.1 Å². The van der Waals surface area contributed by atoms with E-state index in [-0.39, 0.29) is 28.8 Å². The molecule has 1 atom stereocenters. The third-order valence-electron chi connectivity index (χ3n) is 5.06. The van der Waals surface area contributed by atoms with Gasteiger partial charge in [-0.05, 0) is 53.8 Å². The molecule has 0 radical (unpaired) electrons. The van der Waals surface area contributed by atoms with Gasteiger partial charge < -0.3 is 10.5 Å². The molecule has 0 saturated heterocycles. The number of hydrogen-bond donors (Lipinski definition) is 1. The number of nitrogens with zero attached hydrogens (tertiary/aromatic N) is 1. The highest BCUT2D eigenvalue weighted by molar-refractivity contribution is 7.89. The summed E-state index contributed by atoms with van der Waals surface area (Å²) in [5.74, 6) is -0.439. The standard InChI is InChI=1S/C18H17ClN2O4S/c1-25-16-7-11-9-21(26(23,24)17(11)8-14(16)18(20)22)15-5-2-10-6-12(19)3-4-13(10)15/h3-4,6-8,15H,2,5,9H2,1H3,(H2,20,22). The molecular formula is C18H17ClN2O4S. The molecule has 8 heteroatoms. The first-order valence-electron chi connectivity index (χ1n) is 8.14. The van der Waals surface area contributed by atoms with Crippen LogP contribution >= 0.6 is 11.6 Å². The molecule has 2 aliphatic rings. The molecule has 0 bridgehead atoms. The van der Waals surface area contributed by atoms with Gasteiger partial charge in [-0.15, -0.1) is 0 Å². The summed E-state index contributed by atoms with van der Waals surface area (Å²) in [6.07, 6.45) is 1.47. The Morgan fingerprint density at radius 1 is 1.27 bits per heavy atom. The summed E-state index contributed by atoms with van der Waals surface area (Å²) < 4.78 is 32.9. The summed E-state index contributed by atoms with van der Waals surface area (Å²) in [5, 5.41) is 0.646. The number of ether oxygens (including phenoxy) is 1. The maximum absolute atomic E-state index is 13.1. The van der Waals surface area contributed by atoms with Gasteiger partial charge in [0.15, 0.2) is 0 Å². The van der Waals surface area contributed by atoms with Crippen LogP contribution in [0.25, 0.3) is 0 Å². The quantitative estimate of drug-likeness (QED) is 0.869. The SMILES string of the molecule is COc1cc2c(cc1C(N)=O)S(=O)(=O)N(C1CCc3cc(Cl)ccc31)C2. The summed E-state index contributed by atoms with van der Waals surface area (Å²) in [7, 11) is -2.30. The van der Waals surface area contributed by atoms with Crippen molar-refractivity contribution in [1.29, 1.82) is 0 Å². The zero-order chi connectivity index (χ0) is 18.6. The van der Waals surface area contributed by atoms with Gasteiger partial charge in [-0.25, -0.2) is 8.42 Å². The van der Waals surface area contributed by atoms with Gasteiger partial charge in [-0.3, -0.25) is 4.79 Å². The summed E-state index contributed by atoms with van der Waals surface area (Å²) in [5.41, 5.74) is 8.09. The minimum Gasteiger partial charge on any atom is -0.496 e. The van der Waals surface area contributed by atoms with Crippen molar-refractivity contribution in [2.75, 3.05) is 7.11 Å². The molecule has 6 nitrogen and oxygen atoms in total. The Balaban J connectivity index is 1.79. The number of benzene rings is 2. The first-order valence-corrected chi connectivity index (χ1v) is 9.95. The topological polar surface area (TPSA) is 89.7 Å². The van der Waals surface area contributed by atoms with Crippen LogP contribution in [0, 0.1) is 0 Å². The Hall–Kier alpha value is -2.09. The molecule has 1 aliphatic carbocycles. The monoisotopic (exact) mass is 392 g/mol. The highest BCUT2D eigenvalue weighted by Gasteiger charge is 2.42. The third kappa shape index (κ3) is 2.50. The number of nitrogens with two attached hydrogens (primary N) is 1. The molecule has 2 aromatic rings. The number of fused-ring (bicyclic) bond motifs is 2. The molecule has 0 spiro atoms. The molecular weight excluding hydrogens is 376 g/mol. The minimum absolute atomic E-state index is 0.0651. The molecule has 0 saturated carbocycles. The first kappa shape index (κ1) is 17.3. The van der Waals surface area contributed by atoms with Gasteiger partial charge in [-0.1, -0.05) is 17.7 Å². The lowest BCUT2D eigenvalue weighted by atomic mass is 10.1. The van der Waals surface area contributed by atoms with E-state index in [0.29, 0.717) is 17.0 Å². The molecule has 136 valence electrons. The molecule has 2 N–H and O–H groups in total. The summed E-state index contributed by atoms with van der Waals surface area (Å²) in [4.78, 5) is 11.8. The van der Waals surface area contributed by atoms with Crippen LogP contribution < -0.4 is 10.5 Å². The predicted molar refractivity (Wildman–Crippen MR) is 96.8 cm³/mol. The molecule has 26 heavy (non-hydrogen) atoms. The average Bonchev–Trinajstić information content (AvgIpc) is 3.11. The highest BCUT2D eigenvalue weighted by Crippen LogP contribution is 2.45. The normalized spacial score (nSPS) is 20.6. The van der Waals surface area contributed by atoms with E-state index in [0.717, 1.165) is 17.5 Å². The number of aryl methyl sites for hydroxylation is 1. The van der Waals surface area contributed by atoms with Crippen molar-refractivity contribution in [2.24, 2.45) is 5.73 Å². The fraction of sp³-hybridized carbons (Fsp3) is 0.278. The smallest absolute Gasteiger partial charge is 0.252 e. The van der Waals surface area contributed by atoms with Crippen molar-refractivity contribution in [1.82, 2.24) is 4.31 Å². The van der Waals surface area contributed by atoms with E-state index >= 15 is 0 Å². The number of methoxy groups -OCH3 is 1. The fourth-order valence-corrected chi connectivity index (χ4v) is 5.88. The Morgan fingerprint density at radius 3 is 2.73 bits per heavy atom. The summed E-state index contributed by atoms with van der Waals surface area (Å²) in [6, 6.07) is 8.23. The second-order valence-electron chi connectivity index (χ2n) is 6.47. The molecule has 0 fully saturated rings. The van der Waals surface area contributed by atoms with Crippen LogP contribution in [0.2, 0.25) is 5.02 Å². The minimum atomic E-state index is -3.73. The van der Waals surface area contributed by atoms with Gasteiger partial charge in [0.2, 0.25) is 10.0 Å². The van der Waals surface area contributed by atoms with E-state index in [1.54, 1.807) is 12.1 Å². The van der Waals surface area contributed by atoms with E-state index < -0.39 is 15.9 Å². The zero-order valence-electron chi connectivity index (χ0n) is 14.0. The molecule has 1 unspecified atom stereocenters. The van der Waals surface area contributed by atoms with E-state index in [2.05, 4.69) is 0 Å². The lowest BCUT2D eigenvalue weighted by Gasteiger charge is -2.23. The molecule has 4 rings (SSSR count). The number of sulfonamides is 1. The van der Waals surface area contributed by atoms with Crippen LogP contribution in [-0.4, -0.2) is 25.7 Å². The zero-order valence-corrected chi connectivity index (χ0v) is 15.6. The van der Waals surface area contributed by atoms with Crippen LogP contribution in [0.5, 0.6) is 5.75 Å². The number of rotatable bonds is 3. The number of carbonyl (C=O) groups is 1. The maximum Gasteiger partial charge on any atom is 0.252 e. The van der Waals surface area contributed by atoms with Crippen molar-refractivity contribution >= 4 is 27.5 Å². The Labute approximate surface area is 156 Å². The highest BCUT2D eigenvalue weighted by atomic mass is 35.5. The number of hydrogen-bond acceptors (Lipinski definition) is 4. The number of primary amides is 1. The van der Waals surface area contributed by atoms with Crippen molar-refractivity contribution in [2.45, 2.75) is 30.3 Å². The van der Waals surface area contributed by atoms with E-state index in [1.807, 2.05) is 12.1 Å². The Bertz CT molecular complexity index is 1040. The van der Waals surface area contributed by atoms with Crippen LogP contribution in [-0.2, 0) is 23.0 Å². The van der Waals surface area contributed by atoms with Crippen molar-refractivity contribution in [3.05, 3.63) is 57.6 Å². The fourth-order valence-electron chi connectivity index (χ4n) is 3.85. The van der Waals surface area contributed by atoms with Crippen LogP contribution in [0.3, 0.4) is 0 Å². The summed E-state index contributed by atoms with van der Waals surface area (Å²) >= 11 is 6.05. The average molecular weight is 393 g/mol. The van der Waals surface area contributed by atoms with Gasteiger partial charge in [0.25, 0.3) is 5.91 Å². The van der Waals surface area contributed by atoms with Gasteiger partial charge in [-0.2, -0.15) is 4.31 Å².